The van der Waals surface area contributed by atoms with Crippen molar-refractivity contribution >= 4 is 0 Å². The molecule has 0 bridgehead atoms. The van der Waals surface area contributed by atoms with Crippen molar-refractivity contribution in [2.75, 3.05) is 7.11 Å². The summed E-state index contributed by atoms with van der Waals surface area (Å²) >= 11 is 0. The second-order valence-corrected chi connectivity index (χ2v) is 4.17. The summed E-state index contributed by atoms with van der Waals surface area (Å²) in [6, 6.07) is 19.6. The molecule has 3 aromatic rings. The Bertz CT molecular complexity index is 674. The molecule has 0 spiro atoms. The number of aromatic nitrogens is 1. The number of ether oxygens (including phenoxy) is 1. The zero-order valence-corrected chi connectivity index (χ0v) is 10.5. The van der Waals surface area contributed by atoms with Crippen LogP contribution in [0.15, 0.2) is 65.2 Å². The standard InChI is InChI=1S/C16H13NO2/c1-18-14-9-5-8-13(10-14)16-11-15(17-19-16)12-6-3-2-4-7-12/h2-11H,1H3. The van der Waals surface area contributed by atoms with Crippen molar-refractivity contribution in [3.63, 3.8) is 0 Å². The van der Waals surface area contributed by atoms with Crippen molar-refractivity contribution < 1.29 is 9.26 Å². The molecule has 0 saturated heterocycles. The van der Waals surface area contributed by atoms with Gasteiger partial charge in [-0.3, -0.25) is 0 Å². The molecule has 0 atom stereocenters. The molecule has 0 aliphatic carbocycles. The van der Waals surface area contributed by atoms with Gasteiger partial charge in [-0.15, -0.1) is 0 Å². The third-order valence-electron chi connectivity index (χ3n) is 2.93. The topological polar surface area (TPSA) is 35.3 Å². The van der Waals surface area contributed by atoms with Crippen molar-refractivity contribution in [2.45, 2.75) is 0 Å². The molecule has 94 valence electrons. The second kappa shape index (κ2) is 4.98. The van der Waals surface area contributed by atoms with Crippen LogP contribution in [0.4, 0.5) is 0 Å². The molecule has 3 nitrogen and oxygen atoms in total. The quantitative estimate of drug-likeness (QED) is 0.705. The summed E-state index contributed by atoms with van der Waals surface area (Å²) in [4.78, 5) is 0. The van der Waals surface area contributed by atoms with Gasteiger partial charge in [0.05, 0.1) is 7.11 Å². The van der Waals surface area contributed by atoms with Gasteiger partial charge in [-0.1, -0.05) is 47.6 Å². The van der Waals surface area contributed by atoms with Crippen LogP contribution in [0.2, 0.25) is 0 Å². The van der Waals surface area contributed by atoms with Gasteiger partial charge in [-0.25, -0.2) is 0 Å². The molecule has 0 N–H and O–H groups in total. The van der Waals surface area contributed by atoms with Gasteiger partial charge in [0.15, 0.2) is 5.76 Å². The molecule has 0 fully saturated rings. The van der Waals surface area contributed by atoms with Crippen molar-refractivity contribution in [1.82, 2.24) is 5.16 Å². The molecule has 0 radical (unpaired) electrons. The smallest absolute Gasteiger partial charge is 0.167 e. The van der Waals surface area contributed by atoms with E-state index in [2.05, 4.69) is 5.16 Å². The molecule has 0 aliphatic heterocycles. The van der Waals surface area contributed by atoms with E-state index in [9.17, 15) is 0 Å². The van der Waals surface area contributed by atoms with Gasteiger partial charge in [0.1, 0.15) is 11.4 Å². The average Bonchev–Trinajstić information content (AvgIpc) is 2.98. The molecule has 19 heavy (non-hydrogen) atoms. The van der Waals surface area contributed by atoms with E-state index in [0.717, 1.165) is 28.3 Å². The normalized spacial score (nSPS) is 10.4. The van der Waals surface area contributed by atoms with E-state index in [0.29, 0.717) is 0 Å². The molecule has 2 aromatic carbocycles. The first-order chi connectivity index (χ1) is 9.36. The highest BCUT2D eigenvalue weighted by Crippen LogP contribution is 2.27. The van der Waals surface area contributed by atoms with E-state index >= 15 is 0 Å². The van der Waals surface area contributed by atoms with Crippen molar-refractivity contribution in [3.8, 4) is 28.3 Å². The SMILES string of the molecule is COc1cccc(-c2cc(-c3ccccc3)no2)c1. The van der Waals surface area contributed by atoms with Crippen LogP contribution in [0.5, 0.6) is 5.75 Å². The first-order valence-corrected chi connectivity index (χ1v) is 6.03. The van der Waals surface area contributed by atoms with Crippen LogP contribution in [0, 0.1) is 0 Å². The third-order valence-corrected chi connectivity index (χ3v) is 2.93. The van der Waals surface area contributed by atoms with E-state index in [-0.39, 0.29) is 0 Å². The lowest BCUT2D eigenvalue weighted by Crippen LogP contribution is -1.82. The fourth-order valence-corrected chi connectivity index (χ4v) is 1.93. The maximum Gasteiger partial charge on any atom is 0.167 e. The summed E-state index contributed by atoms with van der Waals surface area (Å²) in [7, 11) is 1.65. The highest BCUT2D eigenvalue weighted by molar-refractivity contribution is 5.67. The Morgan fingerprint density at radius 3 is 2.47 bits per heavy atom. The zero-order valence-electron chi connectivity index (χ0n) is 10.5. The van der Waals surface area contributed by atoms with Crippen molar-refractivity contribution in [2.24, 2.45) is 0 Å². The van der Waals surface area contributed by atoms with Gasteiger partial charge < -0.3 is 9.26 Å². The molecular weight excluding hydrogens is 238 g/mol. The lowest BCUT2D eigenvalue weighted by atomic mass is 10.1. The van der Waals surface area contributed by atoms with Gasteiger partial charge in [-0.2, -0.15) is 0 Å². The van der Waals surface area contributed by atoms with Gasteiger partial charge >= 0.3 is 0 Å². The molecule has 0 aliphatic rings. The first kappa shape index (κ1) is 11.5. The Kier molecular flexibility index (Phi) is 3.02. The average molecular weight is 251 g/mol. The highest BCUT2D eigenvalue weighted by Gasteiger charge is 2.08. The molecular formula is C16H13NO2. The van der Waals surface area contributed by atoms with E-state index in [1.165, 1.54) is 0 Å². The van der Waals surface area contributed by atoms with Crippen LogP contribution in [0.25, 0.3) is 22.6 Å². The number of hydrogen-bond acceptors (Lipinski definition) is 3. The molecule has 1 aromatic heterocycles. The zero-order chi connectivity index (χ0) is 13.1. The minimum absolute atomic E-state index is 0.734. The summed E-state index contributed by atoms with van der Waals surface area (Å²) in [5.41, 5.74) is 2.83. The molecule has 3 heteroatoms. The minimum atomic E-state index is 0.734. The second-order valence-electron chi connectivity index (χ2n) is 4.17. The molecule has 1 heterocycles. The highest BCUT2D eigenvalue weighted by atomic mass is 16.5. The number of nitrogens with zero attached hydrogens (tertiary/aromatic N) is 1. The predicted molar refractivity (Wildman–Crippen MR) is 73.9 cm³/mol. The molecule has 0 saturated carbocycles. The Morgan fingerprint density at radius 2 is 1.68 bits per heavy atom. The molecule has 0 unspecified atom stereocenters. The van der Waals surface area contributed by atoms with Gasteiger partial charge in [-0.05, 0) is 12.1 Å². The largest absolute Gasteiger partial charge is 0.497 e. The number of rotatable bonds is 3. The van der Waals surface area contributed by atoms with Gasteiger partial charge in [0.25, 0.3) is 0 Å². The predicted octanol–water partition coefficient (Wildman–Crippen LogP) is 4.02. The van der Waals surface area contributed by atoms with E-state index < -0.39 is 0 Å². The van der Waals surface area contributed by atoms with Crippen molar-refractivity contribution in [3.05, 3.63) is 60.7 Å². The minimum Gasteiger partial charge on any atom is -0.497 e. The van der Waals surface area contributed by atoms with E-state index in [4.69, 9.17) is 9.26 Å². The maximum atomic E-state index is 5.40. The van der Waals surface area contributed by atoms with Crippen LogP contribution < -0.4 is 4.74 Å². The van der Waals surface area contributed by atoms with Crippen LogP contribution in [0.3, 0.4) is 0 Å². The Hall–Kier alpha value is -2.55. The number of methoxy groups -OCH3 is 1. The van der Waals surface area contributed by atoms with Crippen LogP contribution in [0.1, 0.15) is 0 Å². The monoisotopic (exact) mass is 251 g/mol. The fraction of sp³-hybridized carbons (Fsp3) is 0.0625. The first-order valence-electron chi connectivity index (χ1n) is 6.03. The van der Waals surface area contributed by atoms with Crippen LogP contribution >= 0.6 is 0 Å². The van der Waals surface area contributed by atoms with Crippen LogP contribution in [-0.4, -0.2) is 12.3 Å². The van der Waals surface area contributed by atoms with Gasteiger partial charge in [0.2, 0.25) is 0 Å². The number of benzene rings is 2. The molecule has 3 rings (SSSR count). The third kappa shape index (κ3) is 2.36. The van der Waals surface area contributed by atoms with Crippen LogP contribution in [-0.2, 0) is 0 Å². The number of hydrogen-bond donors (Lipinski definition) is 0. The lowest BCUT2D eigenvalue weighted by molar-refractivity contribution is 0.413. The van der Waals surface area contributed by atoms with Gasteiger partial charge in [0, 0.05) is 17.2 Å². The summed E-state index contributed by atoms with van der Waals surface area (Å²) in [6.45, 7) is 0. The van der Waals surface area contributed by atoms with Crippen molar-refractivity contribution in [1.29, 1.82) is 0 Å². The summed E-state index contributed by atoms with van der Waals surface area (Å²) < 4.78 is 10.6. The summed E-state index contributed by atoms with van der Waals surface area (Å²) in [6.07, 6.45) is 0. The van der Waals surface area contributed by atoms with E-state index in [1.54, 1.807) is 7.11 Å². The fourth-order valence-electron chi connectivity index (χ4n) is 1.93. The maximum absolute atomic E-state index is 5.40. The summed E-state index contributed by atoms with van der Waals surface area (Å²) in [5, 5.41) is 4.10. The van der Waals surface area contributed by atoms with E-state index in [1.807, 2.05) is 60.7 Å². The lowest BCUT2D eigenvalue weighted by Gasteiger charge is -2.00. The molecule has 0 amide bonds. The Morgan fingerprint density at radius 1 is 0.895 bits per heavy atom. The Balaban J connectivity index is 1.97. The summed E-state index contributed by atoms with van der Waals surface area (Å²) in [5.74, 6) is 1.54. The Labute approximate surface area is 111 Å².